The maximum absolute atomic E-state index is 13.3. The number of ketones is 1. The summed E-state index contributed by atoms with van der Waals surface area (Å²) in [5.74, 6) is 1.63. The summed E-state index contributed by atoms with van der Waals surface area (Å²) in [6.45, 7) is 0. The van der Waals surface area contributed by atoms with Gasteiger partial charge in [0.1, 0.15) is 18.1 Å². The Morgan fingerprint density at radius 1 is 1.14 bits per heavy atom. The second kappa shape index (κ2) is 7.04. The van der Waals surface area contributed by atoms with Crippen LogP contribution in [-0.4, -0.2) is 27.7 Å². The molecule has 1 aromatic heterocycles. The topological polar surface area (TPSA) is 69.0 Å². The van der Waals surface area contributed by atoms with E-state index in [-0.39, 0.29) is 17.7 Å². The number of halogens is 1. The number of Topliss-reactive ketones (excluding diaryl/α,β-unsaturated/α-hetero) is 1. The van der Waals surface area contributed by atoms with Crippen LogP contribution in [-0.2, 0) is 4.79 Å². The molecule has 1 aliphatic carbocycles. The van der Waals surface area contributed by atoms with Gasteiger partial charge in [0.05, 0.1) is 7.11 Å². The van der Waals surface area contributed by atoms with Crippen LogP contribution in [0.4, 0.5) is 5.95 Å². The molecule has 3 aromatic rings. The number of carbonyl (C=O) groups excluding carboxylic acids is 1. The first-order valence-electron chi connectivity index (χ1n) is 9.47. The number of hydrogen-bond acceptors (Lipinski definition) is 5. The minimum atomic E-state index is -0.373. The fourth-order valence-electron chi connectivity index (χ4n) is 4.25. The van der Waals surface area contributed by atoms with E-state index in [1.165, 1.54) is 6.33 Å². The van der Waals surface area contributed by atoms with Gasteiger partial charge < -0.3 is 10.1 Å². The van der Waals surface area contributed by atoms with Crippen molar-refractivity contribution in [1.82, 2.24) is 14.8 Å². The molecule has 0 saturated carbocycles. The molecule has 0 fully saturated rings. The number of hydrogen-bond donors (Lipinski definition) is 1. The number of aromatic nitrogens is 3. The predicted octanol–water partition coefficient (Wildman–Crippen LogP) is 4.36. The standard InChI is InChI=1S/C22H19ClN4O2/c1-29-15-8-6-13(7-9-15)14-10-18-20(19(28)11-14)21(16-4-2-3-5-17(16)23)27-22(26-18)24-12-25-27/h2-9,12,14,21H,10-11H2,1H3,(H,24,25,26)/t14-,21-/m1/s1. The Labute approximate surface area is 173 Å². The molecule has 1 N–H and O–H groups in total. The van der Waals surface area contributed by atoms with Crippen molar-refractivity contribution in [3.63, 3.8) is 0 Å². The second-order valence-electron chi connectivity index (χ2n) is 7.27. The lowest BCUT2D eigenvalue weighted by atomic mass is 9.78. The minimum Gasteiger partial charge on any atom is -0.497 e. The molecule has 0 amide bonds. The summed E-state index contributed by atoms with van der Waals surface area (Å²) in [6, 6.07) is 15.1. The number of fused-ring (bicyclic) bond motifs is 1. The highest BCUT2D eigenvalue weighted by molar-refractivity contribution is 6.31. The third-order valence-corrected chi connectivity index (χ3v) is 5.99. The van der Waals surface area contributed by atoms with E-state index in [9.17, 15) is 4.79 Å². The zero-order valence-corrected chi connectivity index (χ0v) is 16.6. The number of nitrogens with one attached hydrogen (secondary N) is 1. The van der Waals surface area contributed by atoms with Crippen molar-refractivity contribution in [3.05, 3.63) is 82.3 Å². The highest BCUT2D eigenvalue weighted by atomic mass is 35.5. The molecule has 5 rings (SSSR count). The van der Waals surface area contributed by atoms with Crippen molar-refractivity contribution in [1.29, 1.82) is 0 Å². The first kappa shape index (κ1) is 17.9. The van der Waals surface area contributed by atoms with E-state index in [4.69, 9.17) is 16.3 Å². The van der Waals surface area contributed by atoms with E-state index in [0.29, 0.717) is 17.4 Å². The van der Waals surface area contributed by atoms with E-state index in [1.54, 1.807) is 11.8 Å². The Kier molecular flexibility index (Phi) is 4.36. The zero-order valence-electron chi connectivity index (χ0n) is 15.8. The van der Waals surface area contributed by atoms with Crippen LogP contribution in [0.1, 0.15) is 35.9 Å². The van der Waals surface area contributed by atoms with Gasteiger partial charge in [-0.2, -0.15) is 10.1 Å². The lowest BCUT2D eigenvalue weighted by Gasteiger charge is -2.35. The summed E-state index contributed by atoms with van der Waals surface area (Å²) in [5, 5.41) is 8.30. The molecular formula is C22H19ClN4O2. The minimum absolute atomic E-state index is 0.0982. The van der Waals surface area contributed by atoms with E-state index in [1.807, 2.05) is 48.5 Å². The van der Waals surface area contributed by atoms with Crippen LogP contribution in [0.25, 0.3) is 0 Å². The largest absolute Gasteiger partial charge is 0.497 e. The SMILES string of the molecule is COc1ccc([C@H]2CC(=O)C3=C(C2)Nc2ncnn2[C@@H]3c2ccccc2Cl)cc1. The van der Waals surface area contributed by atoms with Gasteiger partial charge >= 0.3 is 0 Å². The van der Waals surface area contributed by atoms with Crippen LogP contribution in [0.15, 0.2) is 66.1 Å². The van der Waals surface area contributed by atoms with Crippen molar-refractivity contribution in [2.75, 3.05) is 12.4 Å². The maximum Gasteiger partial charge on any atom is 0.226 e. The number of nitrogens with zero attached hydrogens (tertiary/aromatic N) is 3. The maximum atomic E-state index is 13.3. The van der Waals surface area contributed by atoms with E-state index >= 15 is 0 Å². The van der Waals surface area contributed by atoms with Gasteiger partial charge in [0.2, 0.25) is 5.95 Å². The molecule has 2 heterocycles. The van der Waals surface area contributed by atoms with Gasteiger partial charge in [-0.25, -0.2) is 4.68 Å². The van der Waals surface area contributed by atoms with Gasteiger partial charge in [-0.1, -0.05) is 41.9 Å². The smallest absolute Gasteiger partial charge is 0.226 e. The zero-order chi connectivity index (χ0) is 20.0. The summed E-state index contributed by atoms with van der Waals surface area (Å²) in [7, 11) is 1.65. The van der Waals surface area contributed by atoms with Crippen LogP contribution in [0.5, 0.6) is 5.75 Å². The second-order valence-corrected chi connectivity index (χ2v) is 7.68. The molecule has 2 atom stereocenters. The summed E-state index contributed by atoms with van der Waals surface area (Å²) in [6.07, 6.45) is 2.66. The summed E-state index contributed by atoms with van der Waals surface area (Å²) < 4.78 is 6.99. The van der Waals surface area contributed by atoms with Gasteiger partial charge in [0.25, 0.3) is 0 Å². The lowest BCUT2D eigenvalue weighted by Crippen LogP contribution is -2.33. The Balaban J connectivity index is 1.57. The number of carbonyl (C=O) groups is 1. The van der Waals surface area contributed by atoms with Crippen molar-refractivity contribution in [2.24, 2.45) is 0 Å². The highest BCUT2D eigenvalue weighted by Gasteiger charge is 2.39. The number of allylic oxidation sites excluding steroid dienone is 2. The fraction of sp³-hybridized carbons (Fsp3) is 0.227. The van der Waals surface area contributed by atoms with Crippen molar-refractivity contribution in [2.45, 2.75) is 24.8 Å². The molecule has 0 bridgehead atoms. The number of methoxy groups -OCH3 is 1. The Hall–Kier alpha value is -3.12. The third kappa shape index (κ3) is 3.00. The third-order valence-electron chi connectivity index (χ3n) is 5.65. The van der Waals surface area contributed by atoms with Gasteiger partial charge in [-0.15, -0.1) is 0 Å². The predicted molar refractivity (Wildman–Crippen MR) is 110 cm³/mol. The molecule has 7 heteroatoms. The molecule has 29 heavy (non-hydrogen) atoms. The molecule has 2 aromatic carbocycles. The Bertz CT molecular complexity index is 1120. The number of ether oxygens (including phenoxy) is 1. The summed E-state index contributed by atoms with van der Waals surface area (Å²) in [4.78, 5) is 17.7. The molecule has 146 valence electrons. The number of anilines is 1. The molecule has 2 aliphatic rings. The van der Waals surface area contributed by atoms with Gasteiger partial charge in [-0.3, -0.25) is 4.79 Å². The lowest BCUT2D eigenvalue weighted by molar-refractivity contribution is -0.116. The quantitative estimate of drug-likeness (QED) is 0.700. The average Bonchev–Trinajstić information content (AvgIpc) is 3.21. The number of benzene rings is 2. The average molecular weight is 407 g/mol. The molecular weight excluding hydrogens is 388 g/mol. The van der Waals surface area contributed by atoms with Gasteiger partial charge in [-0.05, 0) is 36.1 Å². The highest BCUT2D eigenvalue weighted by Crippen LogP contribution is 2.45. The molecule has 1 aliphatic heterocycles. The van der Waals surface area contributed by atoms with Crippen molar-refractivity contribution >= 4 is 23.3 Å². The van der Waals surface area contributed by atoms with Gasteiger partial charge in [0.15, 0.2) is 5.78 Å². The number of rotatable bonds is 3. The Morgan fingerprint density at radius 2 is 1.93 bits per heavy atom. The summed E-state index contributed by atoms with van der Waals surface area (Å²) in [5.41, 5.74) is 3.59. The molecule has 0 unspecified atom stereocenters. The monoisotopic (exact) mass is 406 g/mol. The molecule has 0 spiro atoms. The fourth-order valence-corrected chi connectivity index (χ4v) is 4.49. The van der Waals surface area contributed by atoms with Crippen molar-refractivity contribution < 1.29 is 9.53 Å². The Morgan fingerprint density at radius 3 is 2.69 bits per heavy atom. The first-order valence-corrected chi connectivity index (χ1v) is 9.84. The van der Waals surface area contributed by atoms with Crippen LogP contribution in [0.3, 0.4) is 0 Å². The normalized spacial score (nSPS) is 20.7. The van der Waals surface area contributed by atoms with Crippen LogP contribution in [0.2, 0.25) is 5.02 Å². The van der Waals surface area contributed by atoms with E-state index in [0.717, 1.165) is 34.6 Å². The summed E-state index contributed by atoms with van der Waals surface area (Å²) >= 11 is 6.50. The van der Waals surface area contributed by atoms with Crippen LogP contribution in [0, 0.1) is 0 Å². The van der Waals surface area contributed by atoms with Crippen LogP contribution >= 0.6 is 11.6 Å². The van der Waals surface area contributed by atoms with E-state index in [2.05, 4.69) is 15.4 Å². The first-order chi connectivity index (χ1) is 14.2. The molecule has 6 nitrogen and oxygen atoms in total. The van der Waals surface area contributed by atoms with Gasteiger partial charge in [0, 0.05) is 28.3 Å². The molecule has 0 saturated heterocycles. The molecule has 0 radical (unpaired) electrons. The van der Waals surface area contributed by atoms with Crippen molar-refractivity contribution in [3.8, 4) is 5.75 Å². The van der Waals surface area contributed by atoms with Crippen LogP contribution < -0.4 is 10.1 Å². The van der Waals surface area contributed by atoms with E-state index < -0.39 is 0 Å².